The standard InChI is InChI=1S/C13H15ClF4N2/c14-11-7-9(15)1-2-10(11)12(8-13(16,17)18)20-5-3-19-4-6-20/h1-2,7,12,19H,3-6,8H2/t12-/m1/s1. The molecule has 1 aromatic carbocycles. The van der Waals surface area contributed by atoms with Crippen LogP contribution in [0.5, 0.6) is 0 Å². The molecule has 2 nitrogen and oxygen atoms in total. The third-order valence-electron chi connectivity index (χ3n) is 3.34. The Bertz CT molecular complexity index is 458. The molecule has 1 saturated heterocycles. The topological polar surface area (TPSA) is 15.3 Å². The van der Waals surface area contributed by atoms with E-state index in [1.807, 2.05) is 0 Å². The van der Waals surface area contributed by atoms with Gasteiger partial charge < -0.3 is 5.32 Å². The van der Waals surface area contributed by atoms with Gasteiger partial charge >= 0.3 is 6.18 Å². The van der Waals surface area contributed by atoms with E-state index < -0.39 is 24.5 Å². The van der Waals surface area contributed by atoms with Gasteiger partial charge in [0.25, 0.3) is 0 Å². The molecular weight excluding hydrogens is 296 g/mol. The van der Waals surface area contributed by atoms with Crippen molar-refractivity contribution in [3.8, 4) is 0 Å². The third kappa shape index (κ3) is 4.07. The van der Waals surface area contributed by atoms with Gasteiger partial charge in [-0.3, -0.25) is 4.90 Å². The molecule has 0 unspecified atom stereocenters. The first-order valence-electron chi connectivity index (χ1n) is 6.33. The summed E-state index contributed by atoms with van der Waals surface area (Å²) in [5.74, 6) is -0.551. The smallest absolute Gasteiger partial charge is 0.314 e. The Hall–Kier alpha value is -0.850. The second-order valence-electron chi connectivity index (χ2n) is 4.79. The molecule has 1 aliphatic rings. The molecular formula is C13H15ClF4N2. The summed E-state index contributed by atoms with van der Waals surface area (Å²) in [4.78, 5) is 1.74. The Morgan fingerprint density at radius 3 is 2.45 bits per heavy atom. The molecule has 1 atom stereocenters. The van der Waals surface area contributed by atoms with Crippen molar-refractivity contribution < 1.29 is 17.6 Å². The van der Waals surface area contributed by atoms with E-state index in [-0.39, 0.29) is 5.02 Å². The molecule has 7 heteroatoms. The molecule has 1 heterocycles. The number of hydrogen-bond acceptors (Lipinski definition) is 2. The number of hydrogen-bond donors (Lipinski definition) is 1. The molecule has 2 rings (SSSR count). The van der Waals surface area contributed by atoms with Crippen LogP contribution < -0.4 is 5.32 Å². The number of nitrogens with zero attached hydrogens (tertiary/aromatic N) is 1. The molecule has 20 heavy (non-hydrogen) atoms. The largest absolute Gasteiger partial charge is 0.390 e. The van der Waals surface area contributed by atoms with Crippen LogP contribution >= 0.6 is 11.6 Å². The van der Waals surface area contributed by atoms with Gasteiger partial charge in [-0.05, 0) is 17.7 Å². The van der Waals surface area contributed by atoms with Crippen molar-refractivity contribution in [1.82, 2.24) is 10.2 Å². The molecule has 0 aliphatic carbocycles. The van der Waals surface area contributed by atoms with Crippen molar-refractivity contribution in [3.63, 3.8) is 0 Å². The molecule has 0 saturated carbocycles. The highest BCUT2D eigenvalue weighted by Crippen LogP contribution is 2.37. The lowest BCUT2D eigenvalue weighted by molar-refractivity contribution is -0.148. The SMILES string of the molecule is Fc1ccc([C@@H](CC(F)(F)F)N2CCNCC2)c(Cl)c1. The molecule has 0 bridgehead atoms. The van der Waals surface area contributed by atoms with Crippen LogP contribution in [0.2, 0.25) is 5.02 Å². The minimum Gasteiger partial charge on any atom is -0.314 e. The van der Waals surface area contributed by atoms with Gasteiger partial charge in [0, 0.05) is 37.2 Å². The fraction of sp³-hybridized carbons (Fsp3) is 0.538. The first-order chi connectivity index (χ1) is 9.37. The summed E-state index contributed by atoms with van der Waals surface area (Å²) in [6, 6.07) is 2.68. The van der Waals surface area contributed by atoms with E-state index in [0.29, 0.717) is 31.7 Å². The zero-order valence-corrected chi connectivity index (χ0v) is 11.4. The van der Waals surface area contributed by atoms with Crippen molar-refractivity contribution in [2.45, 2.75) is 18.6 Å². The van der Waals surface area contributed by atoms with Crippen molar-refractivity contribution >= 4 is 11.6 Å². The fourth-order valence-electron chi connectivity index (χ4n) is 2.42. The summed E-state index contributed by atoms with van der Waals surface area (Å²) < 4.78 is 51.5. The number of nitrogens with one attached hydrogen (secondary N) is 1. The average molecular weight is 311 g/mol. The highest BCUT2D eigenvalue weighted by atomic mass is 35.5. The van der Waals surface area contributed by atoms with Gasteiger partial charge in [-0.15, -0.1) is 0 Å². The van der Waals surface area contributed by atoms with Gasteiger partial charge in [-0.1, -0.05) is 17.7 Å². The number of rotatable bonds is 3. The summed E-state index contributed by atoms with van der Waals surface area (Å²) in [6.45, 7) is 2.28. The monoisotopic (exact) mass is 310 g/mol. The van der Waals surface area contributed by atoms with Crippen LogP contribution in [0.25, 0.3) is 0 Å². The van der Waals surface area contributed by atoms with Crippen LogP contribution in [-0.2, 0) is 0 Å². The van der Waals surface area contributed by atoms with Gasteiger partial charge in [-0.25, -0.2) is 4.39 Å². The van der Waals surface area contributed by atoms with E-state index in [2.05, 4.69) is 5.32 Å². The van der Waals surface area contributed by atoms with Crippen molar-refractivity contribution in [2.24, 2.45) is 0 Å². The normalized spacial score (nSPS) is 19.1. The Morgan fingerprint density at radius 1 is 1.25 bits per heavy atom. The van der Waals surface area contributed by atoms with E-state index >= 15 is 0 Å². The van der Waals surface area contributed by atoms with Crippen LogP contribution in [-0.4, -0.2) is 37.3 Å². The number of halogens is 5. The molecule has 0 spiro atoms. The minimum absolute atomic E-state index is 0.0396. The predicted octanol–water partition coefficient (Wildman–Crippen LogP) is 3.38. The maximum absolute atomic E-state index is 13.1. The maximum Gasteiger partial charge on any atom is 0.390 e. The fourth-order valence-corrected chi connectivity index (χ4v) is 2.71. The molecule has 1 fully saturated rings. The van der Waals surface area contributed by atoms with E-state index in [0.717, 1.165) is 12.1 Å². The van der Waals surface area contributed by atoms with Gasteiger partial charge in [0.2, 0.25) is 0 Å². The maximum atomic E-state index is 13.1. The van der Waals surface area contributed by atoms with Crippen LogP contribution in [0.1, 0.15) is 18.0 Å². The van der Waals surface area contributed by atoms with Crippen LogP contribution in [0.3, 0.4) is 0 Å². The second-order valence-corrected chi connectivity index (χ2v) is 5.19. The van der Waals surface area contributed by atoms with E-state index in [9.17, 15) is 17.6 Å². The Morgan fingerprint density at radius 2 is 1.90 bits per heavy atom. The highest BCUT2D eigenvalue weighted by Gasteiger charge is 2.36. The summed E-state index contributed by atoms with van der Waals surface area (Å²) in [5.41, 5.74) is 0.326. The number of piperazine rings is 1. The Labute approximate surface area is 119 Å². The molecule has 1 aromatic rings. The van der Waals surface area contributed by atoms with Gasteiger partial charge in [0.05, 0.1) is 6.42 Å². The first-order valence-corrected chi connectivity index (χ1v) is 6.71. The van der Waals surface area contributed by atoms with Crippen molar-refractivity contribution in [1.29, 1.82) is 0 Å². The van der Waals surface area contributed by atoms with Crippen molar-refractivity contribution in [2.75, 3.05) is 26.2 Å². The van der Waals surface area contributed by atoms with Crippen LogP contribution in [0.15, 0.2) is 18.2 Å². The molecule has 0 amide bonds. The zero-order valence-electron chi connectivity index (χ0n) is 10.7. The molecule has 0 aromatic heterocycles. The summed E-state index contributed by atoms with van der Waals surface area (Å²) in [7, 11) is 0. The van der Waals surface area contributed by atoms with Gasteiger partial charge in [-0.2, -0.15) is 13.2 Å². The molecule has 112 valence electrons. The molecule has 0 radical (unpaired) electrons. The lowest BCUT2D eigenvalue weighted by Crippen LogP contribution is -2.46. The number of alkyl halides is 3. The van der Waals surface area contributed by atoms with E-state index in [4.69, 9.17) is 11.6 Å². The van der Waals surface area contributed by atoms with E-state index in [1.165, 1.54) is 6.07 Å². The highest BCUT2D eigenvalue weighted by molar-refractivity contribution is 6.31. The predicted molar refractivity (Wildman–Crippen MR) is 69.3 cm³/mol. The van der Waals surface area contributed by atoms with Crippen LogP contribution in [0, 0.1) is 5.82 Å². The quantitative estimate of drug-likeness (QED) is 0.861. The van der Waals surface area contributed by atoms with Gasteiger partial charge in [0.1, 0.15) is 5.82 Å². The summed E-state index contributed by atoms with van der Waals surface area (Å²) in [6.07, 6.45) is -5.29. The molecule has 1 aliphatic heterocycles. The first kappa shape index (κ1) is 15.5. The third-order valence-corrected chi connectivity index (χ3v) is 3.67. The van der Waals surface area contributed by atoms with Crippen LogP contribution in [0.4, 0.5) is 17.6 Å². The zero-order chi connectivity index (χ0) is 14.8. The minimum atomic E-state index is -4.30. The number of benzene rings is 1. The summed E-state index contributed by atoms with van der Waals surface area (Å²) >= 11 is 5.92. The summed E-state index contributed by atoms with van der Waals surface area (Å²) in [5, 5.41) is 3.13. The average Bonchev–Trinajstić information content (AvgIpc) is 2.36. The Balaban J connectivity index is 2.29. The van der Waals surface area contributed by atoms with Crippen molar-refractivity contribution in [3.05, 3.63) is 34.6 Å². The second kappa shape index (κ2) is 6.28. The van der Waals surface area contributed by atoms with Gasteiger partial charge in [0.15, 0.2) is 0 Å². The molecule has 1 N–H and O–H groups in total. The Kier molecular flexibility index (Phi) is 4.88. The lowest BCUT2D eigenvalue weighted by Gasteiger charge is -2.36. The lowest BCUT2D eigenvalue weighted by atomic mass is 10.0. The van der Waals surface area contributed by atoms with E-state index in [1.54, 1.807) is 4.90 Å².